The van der Waals surface area contributed by atoms with Gasteiger partial charge in [-0.1, -0.05) is 26.7 Å². The molecule has 1 amide bonds. The van der Waals surface area contributed by atoms with E-state index in [1.807, 2.05) is 0 Å². The number of nitrogens with two attached hydrogens (primary N) is 1. The van der Waals surface area contributed by atoms with Crippen LogP contribution >= 0.6 is 0 Å². The molecule has 0 aromatic carbocycles. The summed E-state index contributed by atoms with van der Waals surface area (Å²) in [4.78, 5) is 14.9. The summed E-state index contributed by atoms with van der Waals surface area (Å²) in [5, 5.41) is 0. The lowest BCUT2D eigenvalue weighted by atomic mass is 9.74. The highest BCUT2D eigenvalue weighted by molar-refractivity contribution is 5.80. The Morgan fingerprint density at radius 3 is 2.47 bits per heavy atom. The second-order valence-corrected chi connectivity index (χ2v) is 7.02. The van der Waals surface area contributed by atoms with Crippen LogP contribution in [0.1, 0.15) is 65.7 Å². The van der Waals surface area contributed by atoms with Crippen LogP contribution in [0.2, 0.25) is 0 Å². The van der Waals surface area contributed by atoms with Crippen molar-refractivity contribution in [3.8, 4) is 0 Å². The van der Waals surface area contributed by atoms with Gasteiger partial charge < -0.3 is 10.6 Å². The third-order valence-electron chi connectivity index (χ3n) is 5.80. The zero-order valence-electron chi connectivity index (χ0n) is 12.9. The van der Waals surface area contributed by atoms with Crippen molar-refractivity contribution in [2.24, 2.45) is 17.1 Å². The first-order chi connectivity index (χ1) is 8.94. The lowest BCUT2D eigenvalue weighted by molar-refractivity contribution is -0.138. The van der Waals surface area contributed by atoms with Crippen molar-refractivity contribution in [1.82, 2.24) is 4.90 Å². The highest BCUT2D eigenvalue weighted by Gasteiger charge is 2.44. The summed E-state index contributed by atoms with van der Waals surface area (Å²) in [6, 6.07) is 0. The van der Waals surface area contributed by atoms with E-state index in [4.69, 9.17) is 5.73 Å². The molecule has 1 saturated carbocycles. The Morgan fingerprint density at radius 2 is 1.95 bits per heavy atom. The van der Waals surface area contributed by atoms with Crippen molar-refractivity contribution in [2.45, 2.75) is 71.3 Å². The van der Waals surface area contributed by atoms with Gasteiger partial charge in [0.2, 0.25) is 5.91 Å². The van der Waals surface area contributed by atoms with E-state index in [0.717, 1.165) is 32.4 Å². The number of likely N-dealkylation sites (tertiary alicyclic amines) is 1. The Bertz CT molecular complexity index is 334. The Labute approximate surface area is 117 Å². The molecule has 2 fully saturated rings. The number of nitrogens with zero attached hydrogens (tertiary/aromatic N) is 1. The molecule has 1 saturated heterocycles. The van der Waals surface area contributed by atoms with Gasteiger partial charge in [-0.05, 0) is 44.4 Å². The topological polar surface area (TPSA) is 46.3 Å². The summed E-state index contributed by atoms with van der Waals surface area (Å²) in [7, 11) is 0. The Balaban J connectivity index is 2.05. The molecule has 2 rings (SSSR count). The Kier molecular flexibility index (Phi) is 4.24. The van der Waals surface area contributed by atoms with Crippen LogP contribution in [0.4, 0.5) is 0 Å². The molecule has 2 atom stereocenters. The van der Waals surface area contributed by atoms with E-state index < -0.39 is 0 Å². The van der Waals surface area contributed by atoms with Crippen LogP contribution in [-0.2, 0) is 4.79 Å². The van der Waals surface area contributed by atoms with Gasteiger partial charge in [0.1, 0.15) is 0 Å². The number of carbonyl (C=O) groups is 1. The molecule has 1 heterocycles. The highest BCUT2D eigenvalue weighted by atomic mass is 16.2. The van der Waals surface area contributed by atoms with E-state index in [1.54, 1.807) is 0 Å². The van der Waals surface area contributed by atoms with Crippen LogP contribution in [-0.4, -0.2) is 29.4 Å². The van der Waals surface area contributed by atoms with Gasteiger partial charge in [0, 0.05) is 18.6 Å². The number of hydrogen-bond donors (Lipinski definition) is 1. The molecular formula is C16H30N2O. The smallest absolute Gasteiger partial charge is 0.227 e. The van der Waals surface area contributed by atoms with E-state index in [1.165, 1.54) is 25.7 Å². The van der Waals surface area contributed by atoms with Crippen LogP contribution < -0.4 is 5.73 Å². The van der Waals surface area contributed by atoms with E-state index in [2.05, 4.69) is 25.7 Å². The molecule has 0 radical (unpaired) electrons. The maximum atomic E-state index is 12.8. The first-order valence-electron chi connectivity index (χ1n) is 8.02. The van der Waals surface area contributed by atoms with Crippen LogP contribution in [0.3, 0.4) is 0 Å². The molecule has 2 aliphatic rings. The quantitative estimate of drug-likeness (QED) is 0.853. The van der Waals surface area contributed by atoms with Gasteiger partial charge in [-0.3, -0.25) is 4.79 Å². The van der Waals surface area contributed by atoms with Crippen molar-refractivity contribution >= 4 is 5.91 Å². The van der Waals surface area contributed by atoms with Gasteiger partial charge in [-0.25, -0.2) is 0 Å². The second kappa shape index (κ2) is 5.43. The molecule has 1 aliphatic heterocycles. The minimum atomic E-state index is -0.293. The Hall–Kier alpha value is -0.570. The standard InChI is InChI=1S/C16H30N2O/c1-4-16(5-2)10-11-18(12-16)14(19)13-8-6-7-9-15(13,3)17/h13H,4-12,17H2,1-3H3. The van der Waals surface area contributed by atoms with Crippen LogP contribution in [0.25, 0.3) is 0 Å². The molecule has 2 N–H and O–H groups in total. The van der Waals surface area contributed by atoms with Crippen LogP contribution in [0.15, 0.2) is 0 Å². The fourth-order valence-electron chi connectivity index (χ4n) is 3.93. The van der Waals surface area contributed by atoms with Gasteiger partial charge in [0.05, 0.1) is 5.92 Å². The van der Waals surface area contributed by atoms with E-state index >= 15 is 0 Å². The molecule has 110 valence electrons. The number of amides is 1. The van der Waals surface area contributed by atoms with Gasteiger partial charge in [-0.15, -0.1) is 0 Å². The average molecular weight is 266 g/mol. The zero-order valence-corrected chi connectivity index (χ0v) is 12.9. The number of rotatable bonds is 3. The molecule has 1 aliphatic carbocycles. The minimum Gasteiger partial charge on any atom is -0.342 e. The summed E-state index contributed by atoms with van der Waals surface area (Å²) in [6.45, 7) is 8.46. The van der Waals surface area contributed by atoms with Crippen molar-refractivity contribution in [1.29, 1.82) is 0 Å². The Morgan fingerprint density at radius 1 is 1.26 bits per heavy atom. The SMILES string of the molecule is CCC1(CC)CCN(C(=O)C2CCCCC2(C)N)C1. The molecule has 3 heteroatoms. The van der Waals surface area contributed by atoms with Gasteiger partial charge >= 0.3 is 0 Å². The van der Waals surface area contributed by atoms with Crippen molar-refractivity contribution in [2.75, 3.05) is 13.1 Å². The molecule has 3 nitrogen and oxygen atoms in total. The van der Waals surface area contributed by atoms with Crippen LogP contribution in [0, 0.1) is 11.3 Å². The summed E-state index contributed by atoms with van der Waals surface area (Å²) in [5.41, 5.74) is 6.45. The molecule has 0 spiro atoms. The maximum Gasteiger partial charge on any atom is 0.227 e. The number of carbonyl (C=O) groups excluding carboxylic acids is 1. The molecule has 0 aromatic heterocycles. The lowest BCUT2D eigenvalue weighted by Gasteiger charge is -2.39. The second-order valence-electron chi connectivity index (χ2n) is 7.02. The first kappa shape index (κ1) is 14.8. The molecular weight excluding hydrogens is 236 g/mol. The fraction of sp³-hybridized carbons (Fsp3) is 0.938. The predicted molar refractivity (Wildman–Crippen MR) is 78.8 cm³/mol. The zero-order chi connectivity index (χ0) is 14.1. The summed E-state index contributed by atoms with van der Waals surface area (Å²) in [6.07, 6.45) is 7.82. The van der Waals surface area contributed by atoms with Crippen molar-refractivity contribution in [3.63, 3.8) is 0 Å². The van der Waals surface area contributed by atoms with E-state index in [9.17, 15) is 4.79 Å². The highest BCUT2D eigenvalue weighted by Crippen LogP contribution is 2.40. The molecule has 0 bridgehead atoms. The summed E-state index contributed by atoms with van der Waals surface area (Å²) >= 11 is 0. The largest absolute Gasteiger partial charge is 0.342 e. The molecule has 0 aromatic rings. The summed E-state index contributed by atoms with van der Waals surface area (Å²) < 4.78 is 0. The predicted octanol–water partition coefficient (Wildman–Crippen LogP) is 2.93. The third-order valence-corrected chi connectivity index (χ3v) is 5.80. The normalized spacial score (nSPS) is 34.5. The monoisotopic (exact) mass is 266 g/mol. The number of hydrogen-bond acceptors (Lipinski definition) is 2. The van der Waals surface area contributed by atoms with Gasteiger partial charge in [0.15, 0.2) is 0 Å². The molecule has 19 heavy (non-hydrogen) atoms. The third kappa shape index (κ3) is 2.81. The maximum absolute atomic E-state index is 12.8. The van der Waals surface area contributed by atoms with Gasteiger partial charge in [0.25, 0.3) is 0 Å². The fourth-order valence-corrected chi connectivity index (χ4v) is 3.93. The van der Waals surface area contributed by atoms with E-state index in [-0.39, 0.29) is 11.5 Å². The minimum absolute atomic E-state index is 0.0470. The lowest BCUT2D eigenvalue weighted by Crippen LogP contribution is -2.53. The average Bonchev–Trinajstić information content (AvgIpc) is 2.83. The van der Waals surface area contributed by atoms with Crippen molar-refractivity contribution in [3.05, 3.63) is 0 Å². The summed E-state index contributed by atoms with van der Waals surface area (Å²) in [5.74, 6) is 0.374. The van der Waals surface area contributed by atoms with Crippen molar-refractivity contribution < 1.29 is 4.79 Å². The first-order valence-corrected chi connectivity index (χ1v) is 8.02. The van der Waals surface area contributed by atoms with Crippen LogP contribution in [0.5, 0.6) is 0 Å². The molecule has 2 unspecified atom stereocenters. The van der Waals surface area contributed by atoms with E-state index in [0.29, 0.717) is 11.3 Å². The van der Waals surface area contributed by atoms with Gasteiger partial charge in [-0.2, -0.15) is 0 Å².